The maximum absolute atomic E-state index is 11.1. The maximum atomic E-state index is 11.1. The zero-order chi connectivity index (χ0) is 13.8. The Bertz CT molecular complexity index is 470. The molecule has 0 spiro atoms. The number of hydrogen-bond acceptors (Lipinski definition) is 3. The van der Waals surface area contributed by atoms with Gasteiger partial charge in [-0.2, -0.15) is 0 Å². The molecule has 1 unspecified atom stereocenters. The highest BCUT2D eigenvalue weighted by Crippen LogP contribution is 2.39. The summed E-state index contributed by atoms with van der Waals surface area (Å²) in [6.45, 7) is 1.30. The van der Waals surface area contributed by atoms with Gasteiger partial charge in [0.15, 0.2) is 0 Å². The Balaban J connectivity index is 3.00. The minimum Gasteiger partial charge on any atom is -0.497 e. The molecule has 1 aromatic rings. The van der Waals surface area contributed by atoms with E-state index in [1.54, 1.807) is 24.3 Å². The molecule has 6 nitrogen and oxygen atoms in total. The lowest BCUT2D eigenvalue weighted by atomic mass is 10.1. The molecule has 100 valence electrons. The Hall–Kier alpha value is -1.36. The van der Waals surface area contributed by atoms with Gasteiger partial charge in [0.05, 0.1) is 19.3 Å². The van der Waals surface area contributed by atoms with Crippen molar-refractivity contribution < 1.29 is 23.9 Å². The molecule has 0 aliphatic carbocycles. The molecule has 3 N–H and O–H groups in total. The summed E-state index contributed by atoms with van der Waals surface area (Å²) in [5, 5.41) is 2.52. The van der Waals surface area contributed by atoms with Crippen molar-refractivity contribution in [3.63, 3.8) is 0 Å². The molecule has 7 heteroatoms. The molecule has 1 aromatic carbocycles. The van der Waals surface area contributed by atoms with Crippen LogP contribution in [0.1, 0.15) is 18.5 Å². The van der Waals surface area contributed by atoms with Crippen molar-refractivity contribution in [3.05, 3.63) is 29.8 Å². The monoisotopic (exact) mass is 273 g/mol. The van der Waals surface area contributed by atoms with Gasteiger partial charge >= 0.3 is 7.60 Å². The first kappa shape index (κ1) is 14.7. The molecule has 0 aliphatic rings. The molecular formula is C11H16NO5P. The summed E-state index contributed by atoms with van der Waals surface area (Å²) in [4.78, 5) is 29.1. The molecule has 0 heterocycles. The van der Waals surface area contributed by atoms with Crippen molar-refractivity contribution >= 4 is 13.5 Å². The van der Waals surface area contributed by atoms with Gasteiger partial charge in [-0.05, 0) is 17.7 Å². The number of benzene rings is 1. The third-order valence-corrected chi connectivity index (χ3v) is 3.13. The second kappa shape index (κ2) is 6.00. The molecule has 0 bridgehead atoms. The van der Waals surface area contributed by atoms with Gasteiger partial charge in [0.25, 0.3) is 0 Å². The van der Waals surface area contributed by atoms with Crippen LogP contribution in [0.15, 0.2) is 24.3 Å². The highest BCUT2D eigenvalue weighted by atomic mass is 31.2. The summed E-state index contributed by atoms with van der Waals surface area (Å²) in [6, 6.07) is 5.99. The van der Waals surface area contributed by atoms with Gasteiger partial charge < -0.3 is 19.8 Å². The van der Waals surface area contributed by atoms with Crippen molar-refractivity contribution in [2.75, 3.05) is 13.3 Å². The summed E-state index contributed by atoms with van der Waals surface area (Å²) >= 11 is 0. The molecule has 0 saturated carbocycles. The quantitative estimate of drug-likeness (QED) is 0.697. The van der Waals surface area contributed by atoms with Gasteiger partial charge in [0.1, 0.15) is 5.75 Å². The van der Waals surface area contributed by atoms with Gasteiger partial charge in [-0.15, -0.1) is 0 Å². The number of methoxy groups -OCH3 is 1. The van der Waals surface area contributed by atoms with E-state index in [0.29, 0.717) is 11.3 Å². The van der Waals surface area contributed by atoms with Crippen LogP contribution in [0.3, 0.4) is 0 Å². The fourth-order valence-corrected chi connectivity index (χ4v) is 2.35. The van der Waals surface area contributed by atoms with Crippen LogP contribution >= 0.6 is 7.60 Å². The standard InChI is InChI=1S/C11H16NO5P/c1-8(13)12-11(7-18(14,15)16)9-4-3-5-10(6-9)17-2/h3-6,11H,7H2,1-2H3,(H,12,13)(H2,14,15,16). The predicted molar refractivity (Wildman–Crippen MR) is 66.5 cm³/mol. The smallest absolute Gasteiger partial charge is 0.327 e. The fraction of sp³-hybridized carbons (Fsp3) is 0.364. The summed E-state index contributed by atoms with van der Waals surface area (Å²) in [5.41, 5.74) is 0.591. The van der Waals surface area contributed by atoms with Gasteiger partial charge in [0.2, 0.25) is 5.91 Å². The van der Waals surface area contributed by atoms with E-state index in [9.17, 15) is 9.36 Å². The Kier molecular flexibility index (Phi) is 4.90. The van der Waals surface area contributed by atoms with Crippen LogP contribution < -0.4 is 10.1 Å². The Morgan fingerprint density at radius 3 is 2.67 bits per heavy atom. The predicted octanol–water partition coefficient (Wildman–Crippen LogP) is 1.05. The molecule has 18 heavy (non-hydrogen) atoms. The lowest BCUT2D eigenvalue weighted by Crippen LogP contribution is -2.28. The number of nitrogens with one attached hydrogen (secondary N) is 1. The van der Waals surface area contributed by atoms with Crippen LogP contribution in [0.25, 0.3) is 0 Å². The number of ether oxygens (including phenoxy) is 1. The zero-order valence-electron chi connectivity index (χ0n) is 10.2. The zero-order valence-corrected chi connectivity index (χ0v) is 11.1. The van der Waals surface area contributed by atoms with E-state index in [1.807, 2.05) is 0 Å². The first-order valence-electron chi connectivity index (χ1n) is 5.27. The number of amides is 1. The minimum absolute atomic E-state index is 0.351. The molecular weight excluding hydrogens is 257 g/mol. The largest absolute Gasteiger partial charge is 0.497 e. The number of hydrogen-bond donors (Lipinski definition) is 3. The van der Waals surface area contributed by atoms with Crippen LogP contribution in [-0.2, 0) is 9.36 Å². The second-order valence-corrected chi connectivity index (χ2v) is 5.57. The van der Waals surface area contributed by atoms with Gasteiger partial charge in [-0.25, -0.2) is 0 Å². The summed E-state index contributed by atoms with van der Waals surface area (Å²) in [6.07, 6.45) is -0.445. The normalized spacial score (nSPS) is 12.9. The molecule has 1 amide bonds. The van der Waals surface area contributed by atoms with Crippen molar-refractivity contribution in [3.8, 4) is 5.75 Å². The van der Waals surface area contributed by atoms with Crippen LogP contribution in [0.2, 0.25) is 0 Å². The van der Waals surface area contributed by atoms with E-state index < -0.39 is 19.8 Å². The van der Waals surface area contributed by atoms with E-state index in [-0.39, 0.29) is 5.91 Å². The Morgan fingerprint density at radius 2 is 2.17 bits per heavy atom. The average molecular weight is 273 g/mol. The fourth-order valence-electron chi connectivity index (χ4n) is 1.58. The Labute approximate surface area is 105 Å². The highest BCUT2D eigenvalue weighted by molar-refractivity contribution is 7.51. The minimum atomic E-state index is -4.22. The lowest BCUT2D eigenvalue weighted by Gasteiger charge is -2.19. The van der Waals surface area contributed by atoms with Crippen LogP contribution in [-0.4, -0.2) is 29.0 Å². The second-order valence-electron chi connectivity index (χ2n) is 3.88. The summed E-state index contributed by atoms with van der Waals surface area (Å²) in [5.74, 6) is 0.213. The SMILES string of the molecule is COc1cccc(C(CP(=O)(O)O)NC(C)=O)c1. The number of carbonyl (C=O) groups is 1. The van der Waals surface area contributed by atoms with Gasteiger partial charge in [0, 0.05) is 6.92 Å². The van der Waals surface area contributed by atoms with Crippen LogP contribution in [0, 0.1) is 0 Å². The van der Waals surface area contributed by atoms with Crippen molar-refractivity contribution in [1.82, 2.24) is 5.32 Å². The summed E-state index contributed by atoms with van der Waals surface area (Å²) < 4.78 is 16.1. The highest BCUT2D eigenvalue weighted by Gasteiger charge is 2.23. The first-order valence-corrected chi connectivity index (χ1v) is 7.07. The van der Waals surface area contributed by atoms with Crippen LogP contribution in [0.5, 0.6) is 5.75 Å². The molecule has 0 aliphatic heterocycles. The number of rotatable bonds is 5. The van der Waals surface area contributed by atoms with E-state index in [1.165, 1.54) is 14.0 Å². The van der Waals surface area contributed by atoms with Crippen molar-refractivity contribution in [2.24, 2.45) is 0 Å². The van der Waals surface area contributed by atoms with Crippen molar-refractivity contribution in [1.29, 1.82) is 0 Å². The van der Waals surface area contributed by atoms with Crippen LogP contribution in [0.4, 0.5) is 0 Å². The van der Waals surface area contributed by atoms with E-state index >= 15 is 0 Å². The van der Waals surface area contributed by atoms with E-state index in [4.69, 9.17) is 14.5 Å². The first-order chi connectivity index (χ1) is 8.31. The van der Waals surface area contributed by atoms with Gasteiger partial charge in [-0.3, -0.25) is 9.36 Å². The van der Waals surface area contributed by atoms with E-state index in [2.05, 4.69) is 5.32 Å². The maximum Gasteiger partial charge on any atom is 0.327 e. The molecule has 1 atom stereocenters. The average Bonchev–Trinajstić information content (AvgIpc) is 2.26. The molecule has 0 saturated heterocycles. The van der Waals surface area contributed by atoms with E-state index in [0.717, 1.165) is 0 Å². The molecule has 0 aromatic heterocycles. The summed E-state index contributed by atoms with van der Waals surface area (Å²) in [7, 11) is -2.73. The van der Waals surface area contributed by atoms with Gasteiger partial charge in [-0.1, -0.05) is 12.1 Å². The topological polar surface area (TPSA) is 95.9 Å². The Morgan fingerprint density at radius 1 is 1.50 bits per heavy atom. The molecule has 0 radical (unpaired) electrons. The molecule has 0 fully saturated rings. The number of carbonyl (C=O) groups excluding carboxylic acids is 1. The van der Waals surface area contributed by atoms with Crippen molar-refractivity contribution in [2.45, 2.75) is 13.0 Å². The third kappa shape index (κ3) is 4.87. The molecule has 1 rings (SSSR count). The third-order valence-electron chi connectivity index (χ3n) is 2.29. The lowest BCUT2D eigenvalue weighted by molar-refractivity contribution is -0.119.